The highest BCUT2D eigenvalue weighted by Crippen LogP contribution is 2.24. The quantitative estimate of drug-likeness (QED) is 0.417. The van der Waals surface area contributed by atoms with Crippen molar-refractivity contribution in [3.8, 4) is 0 Å². The Labute approximate surface area is 211 Å². The first-order valence-corrected chi connectivity index (χ1v) is 13.5. The van der Waals surface area contributed by atoms with Gasteiger partial charge in [0, 0.05) is 30.2 Å². The Bertz CT molecular complexity index is 1240. The van der Waals surface area contributed by atoms with Crippen LogP contribution in [0, 0.1) is 11.7 Å². The van der Waals surface area contributed by atoms with E-state index in [4.69, 9.17) is 11.6 Å². The molecule has 1 aliphatic rings. The first-order chi connectivity index (χ1) is 16.8. The molecule has 0 bridgehead atoms. The zero-order valence-corrected chi connectivity index (χ0v) is 20.9. The molecule has 0 aliphatic carbocycles. The Morgan fingerprint density at radius 2 is 1.57 bits per heavy atom. The van der Waals surface area contributed by atoms with Crippen LogP contribution in [0.4, 0.5) is 4.39 Å². The first kappa shape index (κ1) is 25.4. The van der Waals surface area contributed by atoms with Crippen molar-refractivity contribution < 1.29 is 17.6 Å². The monoisotopic (exact) mass is 514 g/mol. The minimum Gasteiger partial charge on any atom is -0.342 e. The molecule has 35 heavy (non-hydrogen) atoms. The SMILES string of the molecule is O=C(CN(Cc1ccccc1F)S(=O)(=O)c1ccc(Cl)cc1)N1CCC(Cc2ccccc2)CC1. The van der Waals surface area contributed by atoms with Crippen molar-refractivity contribution in [2.45, 2.75) is 30.7 Å². The van der Waals surface area contributed by atoms with Gasteiger partial charge in [0.2, 0.25) is 15.9 Å². The van der Waals surface area contributed by atoms with E-state index in [9.17, 15) is 17.6 Å². The number of rotatable bonds is 8. The molecular weight excluding hydrogens is 487 g/mol. The second kappa shape index (κ2) is 11.3. The fraction of sp³-hybridized carbons (Fsp3) is 0.296. The summed E-state index contributed by atoms with van der Waals surface area (Å²) in [6, 6.07) is 22.0. The van der Waals surface area contributed by atoms with Gasteiger partial charge in [-0.3, -0.25) is 4.79 Å². The summed E-state index contributed by atoms with van der Waals surface area (Å²) in [5.41, 5.74) is 1.49. The highest BCUT2D eigenvalue weighted by molar-refractivity contribution is 7.89. The van der Waals surface area contributed by atoms with Crippen molar-refractivity contribution in [1.29, 1.82) is 0 Å². The molecule has 1 amide bonds. The van der Waals surface area contributed by atoms with Gasteiger partial charge in [-0.05, 0) is 61.1 Å². The summed E-state index contributed by atoms with van der Waals surface area (Å²) >= 11 is 5.92. The molecule has 0 aromatic heterocycles. The van der Waals surface area contributed by atoms with E-state index in [-0.39, 0.29) is 29.5 Å². The summed E-state index contributed by atoms with van der Waals surface area (Å²) in [6.07, 6.45) is 2.68. The Kier molecular flexibility index (Phi) is 8.21. The molecule has 0 unspecified atom stereocenters. The number of amides is 1. The number of carbonyl (C=O) groups is 1. The summed E-state index contributed by atoms with van der Waals surface area (Å²) in [4.78, 5) is 14.9. The van der Waals surface area contributed by atoms with Gasteiger partial charge in [-0.2, -0.15) is 4.31 Å². The number of hydrogen-bond acceptors (Lipinski definition) is 3. The smallest absolute Gasteiger partial charge is 0.243 e. The van der Waals surface area contributed by atoms with Gasteiger partial charge in [0.15, 0.2) is 0 Å². The molecule has 5 nitrogen and oxygen atoms in total. The molecule has 1 heterocycles. The predicted molar refractivity (Wildman–Crippen MR) is 135 cm³/mol. The number of hydrogen-bond donors (Lipinski definition) is 0. The largest absolute Gasteiger partial charge is 0.342 e. The average Bonchev–Trinajstić information content (AvgIpc) is 2.86. The van der Waals surface area contributed by atoms with Crippen molar-refractivity contribution in [1.82, 2.24) is 9.21 Å². The zero-order chi connectivity index (χ0) is 24.8. The molecule has 3 aromatic carbocycles. The van der Waals surface area contributed by atoms with Crippen LogP contribution in [0.1, 0.15) is 24.0 Å². The van der Waals surface area contributed by atoms with Crippen molar-refractivity contribution >= 4 is 27.5 Å². The van der Waals surface area contributed by atoms with Crippen LogP contribution in [-0.4, -0.2) is 43.2 Å². The van der Waals surface area contributed by atoms with Gasteiger partial charge in [0.05, 0.1) is 11.4 Å². The molecule has 0 saturated carbocycles. The molecular formula is C27H28ClFN2O3S. The van der Waals surface area contributed by atoms with Crippen LogP contribution in [0.25, 0.3) is 0 Å². The van der Waals surface area contributed by atoms with Gasteiger partial charge in [-0.1, -0.05) is 60.1 Å². The van der Waals surface area contributed by atoms with Gasteiger partial charge < -0.3 is 4.90 Å². The Morgan fingerprint density at radius 3 is 2.23 bits per heavy atom. The molecule has 0 radical (unpaired) electrons. The van der Waals surface area contributed by atoms with Gasteiger partial charge >= 0.3 is 0 Å². The molecule has 8 heteroatoms. The molecule has 184 valence electrons. The number of benzene rings is 3. The van der Waals surface area contributed by atoms with Crippen molar-refractivity contribution in [2.75, 3.05) is 19.6 Å². The summed E-state index contributed by atoms with van der Waals surface area (Å²) in [7, 11) is -4.06. The second-order valence-corrected chi connectivity index (χ2v) is 11.2. The van der Waals surface area contributed by atoms with E-state index in [0.29, 0.717) is 24.0 Å². The number of halogens is 2. The summed E-state index contributed by atoms with van der Waals surface area (Å²) in [5.74, 6) is -0.316. The number of likely N-dealkylation sites (tertiary alicyclic amines) is 1. The minimum atomic E-state index is -4.06. The third-order valence-corrected chi connectivity index (χ3v) is 8.46. The first-order valence-electron chi connectivity index (χ1n) is 11.6. The molecule has 1 fully saturated rings. The summed E-state index contributed by atoms with van der Waals surface area (Å²) in [5, 5.41) is 0.402. The lowest BCUT2D eigenvalue weighted by Gasteiger charge is -2.33. The lowest BCUT2D eigenvalue weighted by molar-refractivity contribution is -0.132. The van der Waals surface area contributed by atoms with Crippen LogP contribution in [0.3, 0.4) is 0 Å². The third kappa shape index (κ3) is 6.48. The number of sulfonamides is 1. The third-order valence-electron chi connectivity index (χ3n) is 6.40. The lowest BCUT2D eigenvalue weighted by atomic mass is 9.90. The van der Waals surface area contributed by atoms with Crippen LogP contribution < -0.4 is 0 Å². The summed E-state index contributed by atoms with van der Waals surface area (Å²) < 4.78 is 42.3. The Balaban J connectivity index is 1.47. The van der Waals surface area contributed by atoms with E-state index in [1.165, 1.54) is 42.0 Å². The van der Waals surface area contributed by atoms with E-state index in [1.54, 1.807) is 17.0 Å². The number of nitrogens with zero attached hydrogens (tertiary/aromatic N) is 2. The maximum atomic E-state index is 14.4. The highest BCUT2D eigenvalue weighted by Gasteiger charge is 2.31. The van der Waals surface area contributed by atoms with Gasteiger partial charge in [-0.15, -0.1) is 0 Å². The van der Waals surface area contributed by atoms with Crippen LogP contribution >= 0.6 is 11.6 Å². The highest BCUT2D eigenvalue weighted by atomic mass is 35.5. The Hall–Kier alpha value is -2.74. The molecule has 1 saturated heterocycles. The maximum Gasteiger partial charge on any atom is 0.243 e. The number of carbonyl (C=O) groups excluding carboxylic acids is 1. The average molecular weight is 515 g/mol. The van der Waals surface area contributed by atoms with Crippen molar-refractivity contribution in [3.63, 3.8) is 0 Å². The van der Waals surface area contributed by atoms with E-state index in [0.717, 1.165) is 23.6 Å². The van der Waals surface area contributed by atoms with Crippen LogP contribution in [-0.2, 0) is 27.8 Å². The molecule has 0 N–H and O–H groups in total. The zero-order valence-electron chi connectivity index (χ0n) is 19.3. The van der Waals surface area contributed by atoms with Crippen LogP contribution in [0.5, 0.6) is 0 Å². The van der Waals surface area contributed by atoms with Gasteiger partial charge in [0.1, 0.15) is 5.82 Å². The lowest BCUT2D eigenvalue weighted by Crippen LogP contribution is -2.45. The van der Waals surface area contributed by atoms with Crippen molar-refractivity contribution in [2.24, 2.45) is 5.92 Å². The molecule has 1 aliphatic heterocycles. The van der Waals surface area contributed by atoms with E-state index >= 15 is 0 Å². The van der Waals surface area contributed by atoms with E-state index < -0.39 is 15.8 Å². The molecule has 3 aromatic rings. The minimum absolute atomic E-state index is 0.00704. The topological polar surface area (TPSA) is 57.7 Å². The molecule has 0 atom stereocenters. The van der Waals surface area contributed by atoms with Gasteiger partial charge in [0.25, 0.3) is 0 Å². The van der Waals surface area contributed by atoms with E-state index in [1.807, 2.05) is 18.2 Å². The normalized spacial score (nSPS) is 14.9. The van der Waals surface area contributed by atoms with Crippen molar-refractivity contribution in [3.05, 3.63) is 101 Å². The second-order valence-electron chi connectivity index (χ2n) is 8.83. The number of piperidine rings is 1. The molecule has 4 rings (SSSR count). The van der Waals surface area contributed by atoms with Crippen LogP contribution in [0.15, 0.2) is 83.8 Å². The van der Waals surface area contributed by atoms with Crippen LogP contribution in [0.2, 0.25) is 5.02 Å². The predicted octanol–water partition coefficient (Wildman–Crippen LogP) is 5.15. The Morgan fingerprint density at radius 1 is 0.943 bits per heavy atom. The fourth-order valence-electron chi connectivity index (χ4n) is 4.38. The standard InChI is InChI=1S/C27H28ClFN2O3S/c28-24-10-12-25(13-11-24)35(33,34)31(19-23-8-4-5-9-26(23)29)20-27(32)30-16-14-22(15-17-30)18-21-6-2-1-3-7-21/h1-13,22H,14-20H2. The summed E-state index contributed by atoms with van der Waals surface area (Å²) in [6.45, 7) is 0.548. The molecule has 0 spiro atoms. The maximum absolute atomic E-state index is 14.4. The van der Waals surface area contributed by atoms with Gasteiger partial charge in [-0.25, -0.2) is 12.8 Å². The fourth-order valence-corrected chi connectivity index (χ4v) is 5.88. The van der Waals surface area contributed by atoms with E-state index in [2.05, 4.69) is 12.1 Å².